The first-order chi connectivity index (χ1) is 16.4. The van der Waals surface area contributed by atoms with Gasteiger partial charge in [0.2, 0.25) is 0 Å². The Labute approximate surface area is 203 Å². The summed E-state index contributed by atoms with van der Waals surface area (Å²) in [5.74, 6) is -0.0461. The third-order valence-electron chi connectivity index (χ3n) is 6.75. The topological polar surface area (TPSA) is 58.4 Å². The normalized spacial score (nSPS) is 20.3. The largest absolute Gasteiger partial charge is 0.444 e. The standard InChI is InChI=1S/C27H25ClFN3O2/c1-17-12-18(14-30)15-31-24(17)16-32-10-8-19(9-11-32)21-4-3-5-25-26(21)34-27(2,33-25)22-7-6-20(28)13-23(22)29/h3-7,12-13,15,19H,8-11,16H2,1-2H3. The summed E-state index contributed by atoms with van der Waals surface area (Å²) in [6.45, 7) is 6.36. The van der Waals surface area contributed by atoms with E-state index >= 15 is 0 Å². The van der Waals surface area contributed by atoms with E-state index in [1.165, 1.54) is 6.07 Å². The number of benzene rings is 2. The number of aryl methyl sites for hydroxylation is 1. The molecule has 1 saturated heterocycles. The molecule has 0 spiro atoms. The van der Waals surface area contributed by atoms with Crippen LogP contribution in [0.3, 0.4) is 0 Å². The number of fused-ring (bicyclic) bond motifs is 1. The van der Waals surface area contributed by atoms with E-state index in [1.807, 2.05) is 25.1 Å². The monoisotopic (exact) mass is 477 g/mol. The van der Waals surface area contributed by atoms with Crippen molar-refractivity contribution in [2.45, 2.75) is 44.9 Å². The minimum atomic E-state index is -1.24. The van der Waals surface area contributed by atoms with Crippen LogP contribution in [0.5, 0.6) is 11.5 Å². The molecule has 174 valence electrons. The first kappa shape index (κ1) is 22.6. The smallest absolute Gasteiger partial charge is 0.278 e. The van der Waals surface area contributed by atoms with Crippen LogP contribution in [-0.4, -0.2) is 23.0 Å². The van der Waals surface area contributed by atoms with E-state index in [0.717, 1.165) is 49.3 Å². The van der Waals surface area contributed by atoms with Gasteiger partial charge >= 0.3 is 0 Å². The number of hydrogen-bond acceptors (Lipinski definition) is 5. The minimum Gasteiger partial charge on any atom is -0.444 e. The van der Waals surface area contributed by atoms with Crippen LogP contribution >= 0.6 is 11.6 Å². The maximum atomic E-state index is 14.6. The number of aromatic nitrogens is 1. The number of ether oxygens (including phenoxy) is 2. The van der Waals surface area contributed by atoms with Crippen LogP contribution in [0.25, 0.3) is 0 Å². The van der Waals surface area contributed by atoms with Crippen LogP contribution in [0, 0.1) is 24.1 Å². The molecule has 5 rings (SSSR count). The van der Waals surface area contributed by atoms with Gasteiger partial charge in [-0.3, -0.25) is 9.88 Å². The van der Waals surface area contributed by atoms with E-state index in [-0.39, 0.29) is 0 Å². The van der Waals surface area contributed by atoms with Gasteiger partial charge in [0.15, 0.2) is 11.5 Å². The van der Waals surface area contributed by atoms with E-state index in [9.17, 15) is 4.39 Å². The van der Waals surface area contributed by atoms with Crippen molar-refractivity contribution in [3.63, 3.8) is 0 Å². The van der Waals surface area contributed by atoms with Crippen LogP contribution in [0.4, 0.5) is 4.39 Å². The number of hydrogen-bond donors (Lipinski definition) is 0. The molecule has 1 fully saturated rings. The molecule has 1 aromatic heterocycles. The summed E-state index contributed by atoms with van der Waals surface area (Å²) in [7, 11) is 0. The fourth-order valence-electron chi connectivity index (χ4n) is 4.88. The maximum Gasteiger partial charge on any atom is 0.278 e. The Morgan fingerprint density at radius 1 is 1.21 bits per heavy atom. The van der Waals surface area contributed by atoms with Crippen LogP contribution in [0.2, 0.25) is 5.02 Å². The average Bonchev–Trinajstić information content (AvgIpc) is 3.18. The number of rotatable bonds is 4. The second-order valence-corrected chi connectivity index (χ2v) is 9.53. The minimum absolute atomic E-state index is 0.319. The van der Waals surface area contributed by atoms with E-state index in [2.05, 4.69) is 22.0 Å². The van der Waals surface area contributed by atoms with Gasteiger partial charge in [-0.05, 0) is 74.7 Å². The molecule has 0 bridgehead atoms. The molecule has 0 N–H and O–H groups in total. The molecular formula is C27H25ClFN3O2. The quantitative estimate of drug-likeness (QED) is 0.456. The third kappa shape index (κ3) is 4.22. The number of pyridine rings is 1. The van der Waals surface area contributed by atoms with Gasteiger partial charge in [-0.15, -0.1) is 0 Å². The number of nitrogens with zero attached hydrogens (tertiary/aromatic N) is 3. The van der Waals surface area contributed by atoms with Crippen molar-refractivity contribution in [1.82, 2.24) is 9.88 Å². The van der Waals surface area contributed by atoms with Gasteiger partial charge in [0.25, 0.3) is 5.79 Å². The molecule has 0 radical (unpaired) electrons. The summed E-state index contributed by atoms with van der Waals surface area (Å²) in [5, 5.41) is 9.39. The molecule has 3 aromatic rings. The van der Waals surface area contributed by atoms with E-state index in [1.54, 1.807) is 25.3 Å². The van der Waals surface area contributed by atoms with Gasteiger partial charge < -0.3 is 9.47 Å². The predicted octanol–water partition coefficient (Wildman–Crippen LogP) is 6.08. The highest BCUT2D eigenvalue weighted by molar-refractivity contribution is 6.30. The summed E-state index contributed by atoms with van der Waals surface area (Å²) in [6, 6.07) is 14.5. The molecule has 0 amide bonds. The Morgan fingerprint density at radius 2 is 2.00 bits per heavy atom. The highest BCUT2D eigenvalue weighted by atomic mass is 35.5. The molecule has 0 saturated carbocycles. The van der Waals surface area contributed by atoms with Crippen molar-refractivity contribution in [3.05, 3.63) is 87.4 Å². The van der Waals surface area contributed by atoms with Gasteiger partial charge in [-0.25, -0.2) is 4.39 Å². The highest BCUT2D eigenvalue weighted by Gasteiger charge is 2.42. The molecule has 2 aromatic carbocycles. The van der Waals surface area contributed by atoms with Crippen LogP contribution in [0.1, 0.15) is 53.6 Å². The van der Waals surface area contributed by atoms with Gasteiger partial charge in [-0.1, -0.05) is 23.7 Å². The van der Waals surface area contributed by atoms with E-state index in [0.29, 0.717) is 33.6 Å². The van der Waals surface area contributed by atoms with Crippen molar-refractivity contribution >= 4 is 11.6 Å². The van der Waals surface area contributed by atoms with Crippen LogP contribution < -0.4 is 9.47 Å². The van der Waals surface area contributed by atoms with E-state index in [4.69, 9.17) is 26.3 Å². The van der Waals surface area contributed by atoms with Gasteiger partial charge in [-0.2, -0.15) is 5.26 Å². The zero-order valence-corrected chi connectivity index (χ0v) is 19.9. The molecule has 3 heterocycles. The zero-order chi connectivity index (χ0) is 23.9. The lowest BCUT2D eigenvalue weighted by molar-refractivity contribution is -0.0712. The van der Waals surface area contributed by atoms with Crippen molar-refractivity contribution < 1.29 is 13.9 Å². The van der Waals surface area contributed by atoms with Crippen LogP contribution in [-0.2, 0) is 12.3 Å². The molecule has 2 aliphatic heterocycles. The Balaban J connectivity index is 1.30. The number of para-hydroxylation sites is 1. The number of halogens is 2. The maximum absolute atomic E-state index is 14.6. The molecular weight excluding hydrogens is 453 g/mol. The van der Waals surface area contributed by atoms with Crippen molar-refractivity contribution in [2.24, 2.45) is 0 Å². The molecule has 0 aliphatic carbocycles. The second kappa shape index (κ2) is 8.90. The van der Waals surface area contributed by atoms with Crippen molar-refractivity contribution in [3.8, 4) is 17.6 Å². The van der Waals surface area contributed by atoms with E-state index < -0.39 is 11.6 Å². The molecule has 34 heavy (non-hydrogen) atoms. The van der Waals surface area contributed by atoms with Crippen molar-refractivity contribution in [1.29, 1.82) is 5.26 Å². The first-order valence-electron chi connectivity index (χ1n) is 11.4. The molecule has 2 aliphatic rings. The Morgan fingerprint density at radius 3 is 2.71 bits per heavy atom. The molecule has 1 atom stereocenters. The Kier molecular flexibility index (Phi) is 5.93. The van der Waals surface area contributed by atoms with Crippen molar-refractivity contribution in [2.75, 3.05) is 13.1 Å². The summed E-state index contributed by atoms with van der Waals surface area (Å²) in [4.78, 5) is 6.88. The summed E-state index contributed by atoms with van der Waals surface area (Å²) < 4.78 is 27.1. The molecule has 5 nitrogen and oxygen atoms in total. The number of piperidine rings is 1. The lowest BCUT2D eigenvalue weighted by Gasteiger charge is -2.32. The lowest BCUT2D eigenvalue weighted by atomic mass is 9.88. The first-order valence-corrected chi connectivity index (χ1v) is 11.8. The molecule has 7 heteroatoms. The SMILES string of the molecule is Cc1cc(C#N)cnc1CN1CCC(c2cccc3c2OC(C)(c2ccc(Cl)cc2F)O3)CC1. The zero-order valence-electron chi connectivity index (χ0n) is 19.1. The highest BCUT2D eigenvalue weighted by Crippen LogP contribution is 2.49. The number of nitriles is 1. The Bertz CT molecular complexity index is 1280. The molecule has 1 unspecified atom stereocenters. The number of likely N-dealkylation sites (tertiary alicyclic amines) is 1. The predicted molar refractivity (Wildman–Crippen MR) is 127 cm³/mol. The Hall–Kier alpha value is -3.14. The van der Waals surface area contributed by atoms with Crippen LogP contribution in [0.15, 0.2) is 48.7 Å². The van der Waals surface area contributed by atoms with Gasteiger partial charge in [0.1, 0.15) is 11.9 Å². The van der Waals surface area contributed by atoms with Gasteiger partial charge in [0, 0.05) is 30.3 Å². The summed E-state index contributed by atoms with van der Waals surface area (Å²) >= 11 is 5.93. The summed E-state index contributed by atoms with van der Waals surface area (Å²) in [6.07, 6.45) is 3.59. The average molecular weight is 478 g/mol. The lowest BCUT2D eigenvalue weighted by Crippen LogP contribution is -2.34. The summed E-state index contributed by atoms with van der Waals surface area (Å²) in [5.41, 5.74) is 4.06. The third-order valence-corrected chi connectivity index (χ3v) is 6.98. The van der Waals surface area contributed by atoms with Gasteiger partial charge in [0.05, 0.1) is 16.8 Å². The second-order valence-electron chi connectivity index (χ2n) is 9.10. The fraction of sp³-hybridized carbons (Fsp3) is 0.333. The fourth-order valence-corrected chi connectivity index (χ4v) is 5.04.